The van der Waals surface area contributed by atoms with Crippen molar-refractivity contribution in [1.29, 1.82) is 0 Å². The number of aromatic amines is 1. The number of aromatic hydroxyl groups is 1. The fraction of sp³-hybridized carbons (Fsp3) is 0. The molecule has 0 atom stereocenters. The molecule has 2 rings (SSSR count). The molecule has 0 fully saturated rings. The molecule has 6 heteroatoms. The summed E-state index contributed by atoms with van der Waals surface area (Å²) in [6.45, 7) is 0. The Labute approximate surface area is 96.6 Å². The van der Waals surface area contributed by atoms with E-state index in [9.17, 15) is 14.3 Å². The molecule has 0 spiro atoms. The van der Waals surface area contributed by atoms with E-state index in [0.29, 0.717) is 0 Å². The van der Waals surface area contributed by atoms with Gasteiger partial charge in [0, 0.05) is 11.5 Å². The highest BCUT2D eigenvalue weighted by Gasteiger charge is 2.13. The van der Waals surface area contributed by atoms with E-state index in [0.717, 1.165) is 6.07 Å². The van der Waals surface area contributed by atoms with Gasteiger partial charge in [-0.2, -0.15) is 0 Å². The van der Waals surface area contributed by atoms with Crippen LogP contribution in [0.2, 0.25) is 5.02 Å². The Balaban J connectivity index is 3.05. The molecule has 0 aliphatic carbocycles. The highest BCUT2D eigenvalue weighted by molar-refractivity contribution is 9.10. The molecule has 0 aliphatic heterocycles. The first-order valence-corrected chi connectivity index (χ1v) is 5.07. The summed E-state index contributed by atoms with van der Waals surface area (Å²) in [5.41, 5.74) is -0.649. The van der Waals surface area contributed by atoms with Crippen LogP contribution in [-0.4, -0.2) is 10.1 Å². The second-order valence-corrected chi connectivity index (χ2v) is 4.13. The Kier molecular flexibility index (Phi) is 2.44. The van der Waals surface area contributed by atoms with Crippen molar-refractivity contribution in [2.45, 2.75) is 0 Å². The van der Waals surface area contributed by atoms with Crippen molar-refractivity contribution in [3.05, 3.63) is 37.8 Å². The lowest BCUT2D eigenvalue weighted by Gasteiger charge is -2.04. The zero-order valence-electron chi connectivity index (χ0n) is 7.14. The van der Waals surface area contributed by atoms with E-state index in [1.807, 2.05) is 0 Å². The summed E-state index contributed by atoms with van der Waals surface area (Å²) in [6.07, 6.45) is 0. The van der Waals surface area contributed by atoms with Crippen LogP contribution in [0, 0.1) is 5.82 Å². The molecule has 1 aromatic carbocycles. The third-order valence-corrected chi connectivity index (χ3v) is 3.26. The number of fused-ring (bicyclic) bond motifs is 1. The van der Waals surface area contributed by atoms with Crippen molar-refractivity contribution >= 4 is 38.4 Å². The van der Waals surface area contributed by atoms with E-state index in [1.165, 1.54) is 6.07 Å². The molecular weight excluding hydrogens is 288 g/mol. The highest BCUT2D eigenvalue weighted by atomic mass is 79.9. The van der Waals surface area contributed by atoms with Gasteiger partial charge in [0.15, 0.2) is 5.82 Å². The van der Waals surface area contributed by atoms with Gasteiger partial charge in [-0.25, -0.2) is 4.39 Å². The number of pyridine rings is 1. The molecule has 0 amide bonds. The molecule has 0 unspecified atom stereocenters. The zero-order chi connectivity index (χ0) is 11.2. The predicted molar refractivity (Wildman–Crippen MR) is 58.9 cm³/mol. The molecule has 3 nitrogen and oxygen atoms in total. The first-order valence-electron chi connectivity index (χ1n) is 3.90. The molecule has 2 aromatic rings. The molecule has 0 saturated heterocycles. The quantitative estimate of drug-likeness (QED) is 0.734. The fourth-order valence-corrected chi connectivity index (χ4v) is 1.79. The summed E-state index contributed by atoms with van der Waals surface area (Å²) in [5, 5.41) is 9.73. The lowest BCUT2D eigenvalue weighted by Crippen LogP contribution is -2.04. The van der Waals surface area contributed by atoms with Crippen molar-refractivity contribution in [3.8, 4) is 5.75 Å². The van der Waals surface area contributed by atoms with Gasteiger partial charge in [-0.05, 0) is 22.0 Å². The van der Waals surface area contributed by atoms with Crippen LogP contribution in [0.4, 0.5) is 4.39 Å². The standard InChI is InChI=1S/C9H4BrClFNO2/c10-7-4(11)1-3-5(14)2-6(15)13-9(3)8(7)12/h1-2H,(H2,13,14,15). The number of H-pyrrole nitrogens is 1. The first kappa shape index (κ1) is 10.4. The summed E-state index contributed by atoms with van der Waals surface area (Å²) in [4.78, 5) is 13.3. The SMILES string of the molecule is O=c1cc(O)c2cc(Cl)c(Br)c(F)c2[nH]1. The van der Waals surface area contributed by atoms with E-state index < -0.39 is 11.4 Å². The zero-order valence-corrected chi connectivity index (χ0v) is 9.49. The second kappa shape index (κ2) is 3.50. The molecule has 0 saturated carbocycles. The van der Waals surface area contributed by atoms with Gasteiger partial charge in [0.05, 0.1) is 15.0 Å². The number of rotatable bonds is 0. The highest BCUT2D eigenvalue weighted by Crippen LogP contribution is 2.33. The van der Waals surface area contributed by atoms with Crippen molar-refractivity contribution < 1.29 is 9.50 Å². The Morgan fingerprint density at radius 1 is 1.47 bits per heavy atom. The van der Waals surface area contributed by atoms with Gasteiger partial charge >= 0.3 is 0 Å². The maximum absolute atomic E-state index is 13.6. The van der Waals surface area contributed by atoms with Gasteiger partial charge < -0.3 is 10.1 Å². The van der Waals surface area contributed by atoms with Gasteiger partial charge in [0.25, 0.3) is 5.56 Å². The molecule has 0 aliphatic rings. The Hall–Kier alpha value is -1.07. The lowest BCUT2D eigenvalue weighted by atomic mass is 10.2. The van der Waals surface area contributed by atoms with Crippen molar-refractivity contribution in [2.75, 3.05) is 0 Å². The third kappa shape index (κ3) is 1.61. The van der Waals surface area contributed by atoms with Crippen LogP contribution in [-0.2, 0) is 0 Å². The van der Waals surface area contributed by atoms with Crippen molar-refractivity contribution in [3.63, 3.8) is 0 Å². The molecule has 1 heterocycles. The first-order chi connectivity index (χ1) is 7.00. The van der Waals surface area contributed by atoms with Crippen molar-refractivity contribution in [1.82, 2.24) is 4.98 Å². The van der Waals surface area contributed by atoms with Crippen LogP contribution < -0.4 is 5.56 Å². The topological polar surface area (TPSA) is 53.1 Å². The van der Waals surface area contributed by atoms with Gasteiger partial charge in [-0.15, -0.1) is 0 Å². The Bertz CT molecular complexity index is 611. The summed E-state index contributed by atoms with van der Waals surface area (Å²) >= 11 is 8.65. The molecule has 0 radical (unpaired) electrons. The summed E-state index contributed by atoms with van der Waals surface area (Å²) < 4.78 is 13.7. The van der Waals surface area contributed by atoms with Crippen LogP contribution in [0.15, 0.2) is 21.4 Å². The minimum Gasteiger partial charge on any atom is -0.507 e. The number of hydrogen-bond acceptors (Lipinski definition) is 2. The lowest BCUT2D eigenvalue weighted by molar-refractivity contribution is 0.480. The van der Waals surface area contributed by atoms with Crippen molar-refractivity contribution in [2.24, 2.45) is 0 Å². The number of nitrogens with one attached hydrogen (secondary N) is 1. The summed E-state index contributed by atoms with van der Waals surface area (Å²) in [5.74, 6) is -1.01. The second-order valence-electron chi connectivity index (χ2n) is 2.93. The van der Waals surface area contributed by atoms with Crippen LogP contribution in [0.3, 0.4) is 0 Å². The number of halogens is 3. The maximum Gasteiger partial charge on any atom is 0.252 e. The van der Waals surface area contributed by atoms with Crippen LogP contribution in [0.25, 0.3) is 10.9 Å². The van der Waals surface area contributed by atoms with E-state index >= 15 is 0 Å². The maximum atomic E-state index is 13.6. The summed E-state index contributed by atoms with van der Waals surface area (Å²) in [7, 11) is 0. The number of aromatic nitrogens is 1. The van der Waals surface area contributed by atoms with E-state index in [-0.39, 0.29) is 26.1 Å². The summed E-state index contributed by atoms with van der Waals surface area (Å²) in [6, 6.07) is 2.33. The molecule has 15 heavy (non-hydrogen) atoms. The van der Waals surface area contributed by atoms with Crippen LogP contribution in [0.1, 0.15) is 0 Å². The van der Waals surface area contributed by atoms with E-state index in [1.54, 1.807) is 0 Å². The Morgan fingerprint density at radius 3 is 2.80 bits per heavy atom. The van der Waals surface area contributed by atoms with Crippen LogP contribution in [0.5, 0.6) is 5.75 Å². The molecular formula is C9H4BrClFNO2. The number of benzene rings is 1. The van der Waals surface area contributed by atoms with Gasteiger partial charge in [-0.1, -0.05) is 11.6 Å². The smallest absolute Gasteiger partial charge is 0.252 e. The van der Waals surface area contributed by atoms with Gasteiger partial charge in [0.2, 0.25) is 0 Å². The van der Waals surface area contributed by atoms with Crippen LogP contribution >= 0.6 is 27.5 Å². The van der Waals surface area contributed by atoms with E-state index in [4.69, 9.17) is 11.6 Å². The van der Waals surface area contributed by atoms with Gasteiger partial charge in [-0.3, -0.25) is 4.79 Å². The normalized spacial score (nSPS) is 10.9. The minimum atomic E-state index is -0.703. The van der Waals surface area contributed by atoms with E-state index in [2.05, 4.69) is 20.9 Å². The molecule has 0 bridgehead atoms. The average Bonchev–Trinajstić information content (AvgIpc) is 2.17. The predicted octanol–water partition coefficient (Wildman–Crippen LogP) is 2.79. The fourth-order valence-electron chi connectivity index (χ4n) is 1.28. The average molecular weight is 292 g/mol. The number of hydrogen-bond donors (Lipinski definition) is 2. The largest absolute Gasteiger partial charge is 0.507 e. The third-order valence-electron chi connectivity index (χ3n) is 1.95. The molecule has 78 valence electrons. The monoisotopic (exact) mass is 291 g/mol. The van der Waals surface area contributed by atoms with Gasteiger partial charge in [0.1, 0.15) is 5.75 Å². The minimum absolute atomic E-state index is 0.0536. The molecule has 1 aromatic heterocycles. The molecule has 2 N–H and O–H groups in total. The Morgan fingerprint density at radius 2 is 2.13 bits per heavy atom.